The highest BCUT2D eigenvalue weighted by atomic mass is 16.5. The van der Waals surface area contributed by atoms with E-state index in [1.807, 2.05) is 30.3 Å². The van der Waals surface area contributed by atoms with Crippen molar-refractivity contribution in [3.63, 3.8) is 0 Å². The maximum absolute atomic E-state index is 10.5. The zero-order valence-electron chi connectivity index (χ0n) is 10.1. The van der Waals surface area contributed by atoms with Gasteiger partial charge in [-0.25, -0.2) is 0 Å². The summed E-state index contributed by atoms with van der Waals surface area (Å²) in [5, 5.41) is 2.92. The zero-order valence-corrected chi connectivity index (χ0v) is 10.1. The van der Waals surface area contributed by atoms with Crippen LogP contribution < -0.4 is 5.32 Å². The predicted octanol–water partition coefficient (Wildman–Crippen LogP) is 0.535. The minimum Gasteiger partial charge on any atom is -0.463 e. The van der Waals surface area contributed by atoms with Crippen molar-refractivity contribution < 1.29 is 19.1 Å². The fraction of sp³-hybridized carbons (Fsp3) is 0.385. The zero-order chi connectivity index (χ0) is 13.1. The number of ketones is 1. The summed E-state index contributed by atoms with van der Waals surface area (Å²) in [7, 11) is 0. The Kier molecular flexibility index (Phi) is 7.43. The van der Waals surface area contributed by atoms with Crippen LogP contribution in [-0.4, -0.2) is 38.6 Å². The first-order chi connectivity index (χ1) is 8.83. The molecule has 18 heavy (non-hydrogen) atoms. The number of benzene rings is 1. The van der Waals surface area contributed by atoms with E-state index in [9.17, 15) is 9.59 Å². The lowest BCUT2D eigenvalue weighted by Gasteiger charge is -1.95. The van der Waals surface area contributed by atoms with Crippen molar-refractivity contribution in [2.45, 2.75) is 6.61 Å². The highest BCUT2D eigenvalue weighted by Crippen LogP contribution is 1.98. The molecular formula is C13H17NO4. The Morgan fingerprint density at radius 2 is 2.11 bits per heavy atom. The number of Topliss-reactive ketones (excluding diaryl/α,β-unsaturated/α-hetero) is 1. The molecule has 0 radical (unpaired) electrons. The first-order valence-electron chi connectivity index (χ1n) is 5.72. The van der Waals surface area contributed by atoms with Gasteiger partial charge in [0.2, 0.25) is 0 Å². The van der Waals surface area contributed by atoms with E-state index in [-0.39, 0.29) is 12.4 Å². The van der Waals surface area contributed by atoms with Crippen LogP contribution >= 0.6 is 0 Å². The normalized spacial score (nSPS) is 15.0. The van der Waals surface area contributed by atoms with Crippen LogP contribution in [0.25, 0.3) is 0 Å². The second-order valence-electron chi connectivity index (χ2n) is 3.66. The lowest BCUT2D eigenvalue weighted by molar-refractivity contribution is -0.129. The molecule has 0 unspecified atom stereocenters. The van der Waals surface area contributed by atoms with Crippen molar-refractivity contribution in [1.29, 1.82) is 0 Å². The molecule has 0 bridgehead atoms. The van der Waals surface area contributed by atoms with Gasteiger partial charge in [0.1, 0.15) is 13.2 Å². The van der Waals surface area contributed by atoms with Gasteiger partial charge in [-0.3, -0.25) is 9.59 Å². The van der Waals surface area contributed by atoms with Crippen molar-refractivity contribution in [2.75, 3.05) is 26.3 Å². The van der Waals surface area contributed by atoms with E-state index >= 15 is 0 Å². The Morgan fingerprint density at radius 3 is 2.83 bits per heavy atom. The van der Waals surface area contributed by atoms with Gasteiger partial charge in [-0.1, -0.05) is 30.3 Å². The number of ether oxygens (including phenoxy) is 2. The van der Waals surface area contributed by atoms with Gasteiger partial charge in [0.15, 0.2) is 5.78 Å². The summed E-state index contributed by atoms with van der Waals surface area (Å²) in [6.45, 7) is 3.03. The standard InChI is InChI=1S/C8H8O2.C5H9NO2/c9-7-10-6-8-4-2-1-3-5-8;7-5-3-6-1-2-8-4-5/h1-5,7H,6H2;6H,1-4H2. The van der Waals surface area contributed by atoms with Crippen molar-refractivity contribution in [3.8, 4) is 0 Å². The van der Waals surface area contributed by atoms with Gasteiger partial charge in [-0.15, -0.1) is 0 Å². The third-order valence-corrected chi connectivity index (χ3v) is 2.17. The summed E-state index contributed by atoms with van der Waals surface area (Å²) < 4.78 is 9.43. The Balaban J connectivity index is 0.000000184. The van der Waals surface area contributed by atoms with Crippen molar-refractivity contribution in [1.82, 2.24) is 5.32 Å². The lowest BCUT2D eigenvalue weighted by atomic mass is 10.2. The molecule has 1 aliphatic rings. The minimum absolute atomic E-state index is 0.141. The van der Waals surface area contributed by atoms with E-state index in [0.29, 0.717) is 26.2 Å². The Morgan fingerprint density at radius 1 is 1.33 bits per heavy atom. The lowest BCUT2D eigenvalue weighted by Crippen LogP contribution is -2.22. The molecule has 2 rings (SSSR count). The summed E-state index contributed by atoms with van der Waals surface area (Å²) in [5.74, 6) is 0.141. The largest absolute Gasteiger partial charge is 0.463 e. The molecule has 1 aromatic carbocycles. The van der Waals surface area contributed by atoms with E-state index < -0.39 is 0 Å². The highest BCUT2D eigenvalue weighted by molar-refractivity contribution is 5.81. The fourth-order valence-electron chi connectivity index (χ4n) is 1.31. The van der Waals surface area contributed by atoms with Crippen LogP contribution in [0.3, 0.4) is 0 Å². The third-order valence-electron chi connectivity index (χ3n) is 2.17. The number of nitrogens with one attached hydrogen (secondary N) is 1. The molecule has 98 valence electrons. The summed E-state index contributed by atoms with van der Waals surface area (Å²) in [5.41, 5.74) is 1.01. The predicted molar refractivity (Wildman–Crippen MR) is 66.0 cm³/mol. The molecule has 1 heterocycles. The molecule has 1 aromatic rings. The van der Waals surface area contributed by atoms with Crippen molar-refractivity contribution in [2.24, 2.45) is 0 Å². The topological polar surface area (TPSA) is 64.6 Å². The molecule has 1 N–H and O–H groups in total. The molecule has 1 saturated heterocycles. The Labute approximate surface area is 106 Å². The van der Waals surface area contributed by atoms with Crippen LogP contribution in [0.2, 0.25) is 0 Å². The number of rotatable bonds is 3. The third kappa shape index (κ3) is 6.78. The summed E-state index contributed by atoms with van der Waals surface area (Å²) in [4.78, 5) is 20.3. The van der Waals surface area contributed by atoms with Crippen LogP contribution in [0.1, 0.15) is 5.56 Å². The van der Waals surface area contributed by atoms with Gasteiger partial charge in [0.05, 0.1) is 13.2 Å². The number of hydrogen-bond donors (Lipinski definition) is 1. The first kappa shape index (κ1) is 14.3. The fourth-order valence-corrected chi connectivity index (χ4v) is 1.31. The maximum atomic E-state index is 10.5. The Bertz CT molecular complexity index is 343. The van der Waals surface area contributed by atoms with Gasteiger partial charge < -0.3 is 14.8 Å². The smallest absolute Gasteiger partial charge is 0.293 e. The van der Waals surface area contributed by atoms with Gasteiger partial charge in [-0.2, -0.15) is 0 Å². The second kappa shape index (κ2) is 9.32. The average Bonchev–Trinajstić information content (AvgIpc) is 2.66. The van der Waals surface area contributed by atoms with E-state index in [4.69, 9.17) is 4.74 Å². The molecule has 0 aromatic heterocycles. The molecule has 0 aliphatic carbocycles. The Hall–Kier alpha value is -1.72. The average molecular weight is 251 g/mol. The molecule has 1 aliphatic heterocycles. The van der Waals surface area contributed by atoms with Crippen LogP contribution in [0.4, 0.5) is 0 Å². The summed E-state index contributed by atoms with van der Waals surface area (Å²) >= 11 is 0. The monoisotopic (exact) mass is 251 g/mol. The maximum Gasteiger partial charge on any atom is 0.293 e. The molecule has 0 atom stereocenters. The molecule has 0 saturated carbocycles. The van der Waals surface area contributed by atoms with E-state index in [2.05, 4.69) is 10.1 Å². The minimum atomic E-state index is 0.141. The molecule has 1 fully saturated rings. The number of carbonyl (C=O) groups is 2. The van der Waals surface area contributed by atoms with E-state index in [0.717, 1.165) is 12.1 Å². The highest BCUT2D eigenvalue weighted by Gasteiger charge is 2.04. The molecular weight excluding hydrogens is 234 g/mol. The van der Waals surface area contributed by atoms with Gasteiger partial charge in [-0.05, 0) is 5.56 Å². The van der Waals surface area contributed by atoms with Gasteiger partial charge >= 0.3 is 0 Å². The van der Waals surface area contributed by atoms with Crippen molar-refractivity contribution >= 4 is 12.3 Å². The summed E-state index contributed by atoms with van der Waals surface area (Å²) in [6.07, 6.45) is 0. The van der Waals surface area contributed by atoms with Gasteiger partial charge in [0.25, 0.3) is 6.47 Å². The number of carbonyl (C=O) groups excluding carboxylic acids is 2. The number of hydrogen-bond acceptors (Lipinski definition) is 5. The first-order valence-corrected chi connectivity index (χ1v) is 5.72. The van der Waals surface area contributed by atoms with Crippen LogP contribution in [-0.2, 0) is 25.7 Å². The van der Waals surface area contributed by atoms with Crippen LogP contribution in [0.5, 0.6) is 0 Å². The van der Waals surface area contributed by atoms with E-state index in [1.165, 1.54) is 0 Å². The molecule has 5 nitrogen and oxygen atoms in total. The molecule has 5 heteroatoms. The molecule has 0 amide bonds. The van der Waals surface area contributed by atoms with Crippen molar-refractivity contribution in [3.05, 3.63) is 35.9 Å². The van der Waals surface area contributed by atoms with Crippen LogP contribution in [0, 0.1) is 0 Å². The van der Waals surface area contributed by atoms with Crippen LogP contribution in [0.15, 0.2) is 30.3 Å². The quantitative estimate of drug-likeness (QED) is 0.794. The molecule has 0 spiro atoms. The summed E-state index contributed by atoms with van der Waals surface area (Å²) in [6, 6.07) is 9.55. The SMILES string of the molecule is O=C1CNCCOC1.O=COCc1ccccc1. The second-order valence-corrected chi connectivity index (χ2v) is 3.66. The van der Waals surface area contributed by atoms with Gasteiger partial charge in [0, 0.05) is 6.54 Å². The van der Waals surface area contributed by atoms with E-state index in [1.54, 1.807) is 0 Å².